The Hall–Kier alpha value is -2.91. The Kier molecular flexibility index (Phi) is 8.64. The molecule has 9 heteroatoms. The lowest BCUT2D eigenvalue weighted by Gasteiger charge is -2.38. The third kappa shape index (κ3) is 6.07. The molecule has 2 unspecified atom stereocenters. The largest absolute Gasteiger partial charge is 0.497 e. The zero-order valence-corrected chi connectivity index (χ0v) is 21.9. The number of esters is 2. The lowest BCUT2D eigenvalue weighted by atomic mass is 9.93. The van der Waals surface area contributed by atoms with Crippen LogP contribution in [-0.4, -0.2) is 81.2 Å². The molecule has 0 spiro atoms. The second kappa shape index (κ2) is 11.9. The first kappa shape index (κ1) is 26.2. The summed E-state index contributed by atoms with van der Waals surface area (Å²) in [5, 5.41) is -0.769. The SMILES string of the molecule is COC(=O)C1Sc2cc(OC)ccc2OCC1(CCCN1CCN(c2ccccc2)CC1)OC(C)=O. The van der Waals surface area contributed by atoms with Crippen molar-refractivity contribution in [3.63, 3.8) is 0 Å². The molecule has 8 nitrogen and oxygen atoms in total. The van der Waals surface area contributed by atoms with Crippen molar-refractivity contribution in [1.82, 2.24) is 4.90 Å². The van der Waals surface area contributed by atoms with Gasteiger partial charge in [-0.2, -0.15) is 0 Å². The highest BCUT2D eigenvalue weighted by molar-refractivity contribution is 8.00. The smallest absolute Gasteiger partial charge is 0.323 e. The van der Waals surface area contributed by atoms with E-state index in [0.717, 1.165) is 44.0 Å². The van der Waals surface area contributed by atoms with Crippen molar-refractivity contribution in [2.24, 2.45) is 0 Å². The highest BCUT2D eigenvalue weighted by Crippen LogP contribution is 2.45. The predicted octanol–water partition coefficient (Wildman–Crippen LogP) is 3.63. The number of hydrogen-bond acceptors (Lipinski definition) is 9. The molecule has 1 fully saturated rings. The van der Waals surface area contributed by atoms with E-state index in [2.05, 4.69) is 34.1 Å². The Morgan fingerprint density at radius 2 is 1.83 bits per heavy atom. The molecule has 0 N–H and O–H groups in total. The van der Waals surface area contributed by atoms with Gasteiger partial charge in [0.15, 0.2) is 10.9 Å². The molecule has 2 atom stereocenters. The Balaban J connectivity index is 1.45. The molecule has 2 heterocycles. The van der Waals surface area contributed by atoms with Crippen LogP contribution in [0.15, 0.2) is 53.4 Å². The molecule has 4 rings (SSSR count). The number of ether oxygens (including phenoxy) is 4. The van der Waals surface area contributed by atoms with Gasteiger partial charge in [-0.25, -0.2) is 0 Å². The van der Waals surface area contributed by atoms with Gasteiger partial charge in [-0.05, 0) is 49.7 Å². The van der Waals surface area contributed by atoms with Crippen molar-refractivity contribution in [2.75, 3.05) is 58.5 Å². The number of nitrogens with zero attached hydrogens (tertiary/aromatic N) is 2. The zero-order chi connectivity index (χ0) is 25.5. The summed E-state index contributed by atoms with van der Waals surface area (Å²) in [6, 6.07) is 15.9. The van der Waals surface area contributed by atoms with E-state index < -0.39 is 22.8 Å². The number of carbonyl (C=O) groups is 2. The molecule has 2 aliphatic rings. The number of fused-ring (bicyclic) bond motifs is 1. The van der Waals surface area contributed by atoms with Crippen LogP contribution in [-0.2, 0) is 19.1 Å². The standard InChI is InChI=1S/C27H34N2O6S/c1-20(30)35-27(12-7-13-28-14-16-29(17-15-28)21-8-5-4-6-9-21)19-34-23-11-10-22(32-2)18-24(23)36-25(27)26(31)33-3/h4-6,8-11,18,25H,7,12-17,19H2,1-3H3. The van der Waals surface area contributed by atoms with Crippen LogP contribution in [0.2, 0.25) is 0 Å². The van der Waals surface area contributed by atoms with Gasteiger partial charge in [0.25, 0.3) is 0 Å². The molecule has 2 aliphatic heterocycles. The van der Waals surface area contributed by atoms with Crippen LogP contribution in [0.5, 0.6) is 11.5 Å². The second-order valence-electron chi connectivity index (χ2n) is 9.05. The van der Waals surface area contributed by atoms with E-state index in [9.17, 15) is 9.59 Å². The number of hydrogen-bond donors (Lipinski definition) is 0. The normalized spacial score (nSPS) is 22.1. The molecular weight excluding hydrogens is 480 g/mol. The van der Waals surface area contributed by atoms with Gasteiger partial charge >= 0.3 is 11.9 Å². The van der Waals surface area contributed by atoms with Gasteiger partial charge in [0, 0.05) is 38.8 Å². The first-order valence-corrected chi connectivity index (χ1v) is 13.1. The van der Waals surface area contributed by atoms with Crippen LogP contribution in [0.25, 0.3) is 0 Å². The Morgan fingerprint density at radius 1 is 1.08 bits per heavy atom. The molecule has 2 aromatic rings. The summed E-state index contributed by atoms with van der Waals surface area (Å²) in [7, 11) is 2.94. The molecule has 0 aliphatic carbocycles. The third-order valence-electron chi connectivity index (χ3n) is 6.68. The average Bonchev–Trinajstić information content (AvgIpc) is 3.05. The fourth-order valence-electron chi connectivity index (χ4n) is 4.80. The number of carbonyl (C=O) groups excluding carboxylic acids is 2. The quantitative estimate of drug-likeness (QED) is 0.491. The molecule has 0 aromatic heterocycles. The number of para-hydroxylation sites is 1. The van der Waals surface area contributed by atoms with Crippen molar-refractivity contribution in [2.45, 2.75) is 35.5 Å². The minimum Gasteiger partial charge on any atom is -0.497 e. The highest BCUT2D eigenvalue weighted by Gasteiger charge is 2.50. The monoisotopic (exact) mass is 514 g/mol. The van der Waals surface area contributed by atoms with E-state index in [1.165, 1.54) is 31.5 Å². The molecule has 2 aromatic carbocycles. The summed E-state index contributed by atoms with van der Waals surface area (Å²) in [6.07, 6.45) is 1.22. The van der Waals surface area contributed by atoms with Crippen LogP contribution in [0.3, 0.4) is 0 Å². The maximum Gasteiger partial charge on any atom is 0.323 e. The Bertz CT molecular complexity index is 1040. The zero-order valence-electron chi connectivity index (χ0n) is 21.1. The van der Waals surface area contributed by atoms with Gasteiger partial charge in [-0.1, -0.05) is 18.2 Å². The Labute approximate surface area is 216 Å². The lowest BCUT2D eigenvalue weighted by molar-refractivity contribution is -0.167. The van der Waals surface area contributed by atoms with Gasteiger partial charge in [0.05, 0.1) is 19.1 Å². The molecule has 0 bridgehead atoms. The van der Waals surface area contributed by atoms with Crippen LogP contribution < -0.4 is 14.4 Å². The molecule has 0 radical (unpaired) electrons. The molecule has 1 saturated heterocycles. The second-order valence-corrected chi connectivity index (χ2v) is 10.2. The van der Waals surface area contributed by atoms with E-state index in [1.54, 1.807) is 13.2 Å². The molecular formula is C27H34N2O6S. The van der Waals surface area contributed by atoms with Crippen LogP contribution in [0, 0.1) is 0 Å². The number of anilines is 1. The van der Waals surface area contributed by atoms with Gasteiger partial charge in [-0.15, -0.1) is 11.8 Å². The maximum atomic E-state index is 13.0. The average molecular weight is 515 g/mol. The van der Waals surface area contributed by atoms with Crippen LogP contribution in [0.4, 0.5) is 5.69 Å². The van der Waals surface area contributed by atoms with Gasteiger partial charge in [0.2, 0.25) is 0 Å². The van der Waals surface area contributed by atoms with Crippen LogP contribution >= 0.6 is 11.8 Å². The lowest BCUT2D eigenvalue weighted by Crippen LogP contribution is -2.53. The Morgan fingerprint density at radius 3 is 2.50 bits per heavy atom. The van der Waals surface area contributed by atoms with E-state index in [-0.39, 0.29) is 6.61 Å². The number of thioether (sulfide) groups is 1. The van der Waals surface area contributed by atoms with Crippen molar-refractivity contribution in [3.8, 4) is 11.5 Å². The van der Waals surface area contributed by atoms with E-state index >= 15 is 0 Å². The third-order valence-corrected chi connectivity index (χ3v) is 8.11. The summed E-state index contributed by atoms with van der Waals surface area (Å²) in [6.45, 7) is 6.09. The van der Waals surface area contributed by atoms with Gasteiger partial charge in [0.1, 0.15) is 18.1 Å². The predicted molar refractivity (Wildman–Crippen MR) is 139 cm³/mol. The summed E-state index contributed by atoms with van der Waals surface area (Å²) < 4.78 is 22.5. The maximum absolute atomic E-state index is 13.0. The first-order chi connectivity index (χ1) is 17.4. The first-order valence-electron chi connectivity index (χ1n) is 12.2. The fraction of sp³-hybridized carbons (Fsp3) is 0.481. The van der Waals surface area contributed by atoms with E-state index in [0.29, 0.717) is 17.9 Å². The number of piperazine rings is 1. The van der Waals surface area contributed by atoms with Gasteiger partial charge in [-0.3, -0.25) is 14.5 Å². The minimum atomic E-state index is -1.15. The summed E-state index contributed by atoms with van der Waals surface area (Å²) in [5.41, 5.74) is 0.0949. The van der Waals surface area contributed by atoms with Crippen molar-refractivity contribution in [1.29, 1.82) is 0 Å². The fourth-order valence-corrected chi connectivity index (χ4v) is 6.12. The van der Waals surface area contributed by atoms with Crippen molar-refractivity contribution >= 4 is 29.4 Å². The molecule has 194 valence electrons. The van der Waals surface area contributed by atoms with Crippen molar-refractivity contribution in [3.05, 3.63) is 48.5 Å². The van der Waals surface area contributed by atoms with E-state index in [4.69, 9.17) is 18.9 Å². The summed E-state index contributed by atoms with van der Waals surface area (Å²) >= 11 is 1.30. The topological polar surface area (TPSA) is 77.5 Å². The summed E-state index contributed by atoms with van der Waals surface area (Å²) in [5.74, 6) is 0.383. The molecule has 36 heavy (non-hydrogen) atoms. The van der Waals surface area contributed by atoms with Crippen molar-refractivity contribution < 1.29 is 28.5 Å². The minimum absolute atomic E-state index is 0.0699. The molecule has 0 saturated carbocycles. The number of benzene rings is 2. The van der Waals surface area contributed by atoms with Gasteiger partial charge < -0.3 is 23.8 Å². The highest BCUT2D eigenvalue weighted by atomic mass is 32.2. The van der Waals surface area contributed by atoms with E-state index in [1.807, 2.05) is 18.2 Å². The number of rotatable bonds is 8. The van der Waals surface area contributed by atoms with Crippen LogP contribution in [0.1, 0.15) is 19.8 Å². The summed E-state index contributed by atoms with van der Waals surface area (Å²) in [4.78, 5) is 30.8. The molecule has 0 amide bonds. The number of methoxy groups -OCH3 is 2.